The summed E-state index contributed by atoms with van der Waals surface area (Å²) in [5, 5.41) is 6.46. The van der Waals surface area contributed by atoms with Crippen LogP contribution < -0.4 is 5.32 Å². The summed E-state index contributed by atoms with van der Waals surface area (Å²) >= 11 is 0. The molecule has 0 saturated carbocycles. The quantitative estimate of drug-likeness (QED) is 0.847. The highest BCUT2D eigenvalue weighted by atomic mass is 16.5. The number of nitrogens with zero attached hydrogens (tertiary/aromatic N) is 3. The second-order valence-electron chi connectivity index (χ2n) is 5.11. The van der Waals surface area contributed by atoms with Gasteiger partial charge in [-0.1, -0.05) is 19.0 Å². The van der Waals surface area contributed by atoms with E-state index in [1.165, 1.54) is 4.90 Å². The van der Waals surface area contributed by atoms with E-state index in [-0.39, 0.29) is 24.3 Å². The molecule has 2 amide bonds. The van der Waals surface area contributed by atoms with Gasteiger partial charge in [-0.25, -0.2) is 0 Å². The Bertz CT molecular complexity index is 497. The average Bonchev–Trinajstić information content (AvgIpc) is 2.71. The molecular formula is C12H18N4O3. The number of piperazine rings is 1. The summed E-state index contributed by atoms with van der Waals surface area (Å²) in [6, 6.07) is -1.02. The normalized spacial score (nSPS) is 23.9. The van der Waals surface area contributed by atoms with Crippen LogP contribution in [0.4, 0.5) is 0 Å². The highest BCUT2D eigenvalue weighted by molar-refractivity contribution is 5.96. The van der Waals surface area contributed by atoms with Gasteiger partial charge in [0.25, 0.3) is 0 Å². The Morgan fingerprint density at radius 2 is 2.11 bits per heavy atom. The maximum atomic E-state index is 12.2. The number of aryl methyl sites for hydroxylation is 1. The largest absolute Gasteiger partial charge is 0.343 e. The lowest BCUT2D eigenvalue weighted by atomic mass is 9.97. The molecule has 2 rings (SSSR count). The highest BCUT2D eigenvalue weighted by Gasteiger charge is 2.40. The van der Waals surface area contributed by atoms with E-state index in [1.807, 2.05) is 13.8 Å². The van der Waals surface area contributed by atoms with Crippen LogP contribution in [0.25, 0.3) is 0 Å². The lowest BCUT2D eigenvalue weighted by Gasteiger charge is -2.39. The molecule has 0 aromatic carbocycles. The molecule has 0 aliphatic carbocycles. The van der Waals surface area contributed by atoms with Crippen molar-refractivity contribution in [3.05, 3.63) is 11.7 Å². The predicted molar refractivity (Wildman–Crippen MR) is 65.8 cm³/mol. The first-order chi connectivity index (χ1) is 8.90. The average molecular weight is 266 g/mol. The molecule has 1 N–H and O–H groups in total. The number of aromatic nitrogens is 2. The van der Waals surface area contributed by atoms with Crippen molar-refractivity contribution in [1.82, 2.24) is 20.4 Å². The van der Waals surface area contributed by atoms with Gasteiger partial charge < -0.3 is 14.7 Å². The fourth-order valence-corrected chi connectivity index (χ4v) is 2.28. The third-order valence-electron chi connectivity index (χ3n) is 3.13. The molecule has 1 aliphatic heterocycles. The van der Waals surface area contributed by atoms with Crippen molar-refractivity contribution >= 4 is 11.8 Å². The van der Waals surface area contributed by atoms with E-state index in [0.717, 1.165) is 0 Å². The third kappa shape index (κ3) is 2.59. The van der Waals surface area contributed by atoms with Crippen LogP contribution in [0.2, 0.25) is 0 Å². The SMILES string of the molecule is Cc1nc(CN2C(=O)C(C)NC(=O)C2C(C)C)no1. The van der Waals surface area contributed by atoms with Gasteiger partial charge in [0, 0.05) is 6.92 Å². The Balaban J connectivity index is 2.25. The molecule has 2 atom stereocenters. The first-order valence-electron chi connectivity index (χ1n) is 6.30. The molecular weight excluding hydrogens is 248 g/mol. The van der Waals surface area contributed by atoms with Crippen LogP contribution in [0.1, 0.15) is 32.5 Å². The molecule has 0 bridgehead atoms. The van der Waals surface area contributed by atoms with Crippen molar-refractivity contribution in [2.24, 2.45) is 5.92 Å². The zero-order valence-corrected chi connectivity index (χ0v) is 11.5. The minimum absolute atomic E-state index is 0.0180. The van der Waals surface area contributed by atoms with Gasteiger partial charge in [0.1, 0.15) is 12.1 Å². The fraction of sp³-hybridized carbons (Fsp3) is 0.667. The summed E-state index contributed by atoms with van der Waals surface area (Å²) in [6.45, 7) is 7.36. The van der Waals surface area contributed by atoms with Crippen molar-refractivity contribution in [2.45, 2.75) is 46.3 Å². The van der Waals surface area contributed by atoms with Crippen LogP contribution in [-0.2, 0) is 16.1 Å². The molecule has 1 fully saturated rings. The second kappa shape index (κ2) is 4.99. The van der Waals surface area contributed by atoms with E-state index >= 15 is 0 Å². The van der Waals surface area contributed by atoms with Crippen LogP contribution >= 0.6 is 0 Å². The van der Waals surface area contributed by atoms with Gasteiger partial charge in [0.2, 0.25) is 17.7 Å². The van der Waals surface area contributed by atoms with Crippen LogP contribution in [0.3, 0.4) is 0 Å². The molecule has 1 saturated heterocycles. The molecule has 2 heterocycles. The number of nitrogens with one attached hydrogen (secondary N) is 1. The zero-order valence-electron chi connectivity index (χ0n) is 11.5. The minimum Gasteiger partial charge on any atom is -0.343 e. The smallest absolute Gasteiger partial charge is 0.245 e. The van der Waals surface area contributed by atoms with Gasteiger partial charge in [-0.15, -0.1) is 0 Å². The Kier molecular flexibility index (Phi) is 3.55. The Morgan fingerprint density at radius 1 is 1.42 bits per heavy atom. The van der Waals surface area contributed by atoms with E-state index in [4.69, 9.17) is 4.52 Å². The lowest BCUT2D eigenvalue weighted by molar-refractivity contribution is -0.151. The number of hydrogen-bond donors (Lipinski definition) is 1. The van der Waals surface area contributed by atoms with Gasteiger partial charge >= 0.3 is 0 Å². The Labute approximate surface area is 111 Å². The van der Waals surface area contributed by atoms with E-state index in [0.29, 0.717) is 11.7 Å². The van der Waals surface area contributed by atoms with Crippen LogP contribution in [0.5, 0.6) is 0 Å². The van der Waals surface area contributed by atoms with Gasteiger partial charge in [0.05, 0.1) is 6.54 Å². The Morgan fingerprint density at radius 3 is 2.63 bits per heavy atom. The molecule has 104 valence electrons. The molecule has 0 radical (unpaired) electrons. The summed E-state index contributed by atoms with van der Waals surface area (Å²) in [6.07, 6.45) is 0. The number of carbonyl (C=O) groups excluding carboxylic acids is 2. The minimum atomic E-state index is -0.518. The number of hydrogen-bond acceptors (Lipinski definition) is 5. The molecule has 0 spiro atoms. The van der Waals surface area contributed by atoms with Crippen LogP contribution in [-0.4, -0.2) is 38.9 Å². The van der Waals surface area contributed by atoms with Crippen molar-refractivity contribution in [3.63, 3.8) is 0 Å². The summed E-state index contributed by atoms with van der Waals surface area (Å²) in [5.74, 6) is 0.615. The van der Waals surface area contributed by atoms with Crippen molar-refractivity contribution in [2.75, 3.05) is 0 Å². The lowest BCUT2D eigenvalue weighted by Crippen LogP contribution is -2.63. The van der Waals surface area contributed by atoms with E-state index < -0.39 is 12.1 Å². The molecule has 1 aromatic heterocycles. The number of carbonyl (C=O) groups is 2. The van der Waals surface area contributed by atoms with Crippen LogP contribution in [0, 0.1) is 12.8 Å². The maximum Gasteiger partial charge on any atom is 0.245 e. The second-order valence-corrected chi connectivity index (χ2v) is 5.11. The van der Waals surface area contributed by atoms with E-state index in [2.05, 4.69) is 15.5 Å². The first kappa shape index (κ1) is 13.5. The topological polar surface area (TPSA) is 88.3 Å². The van der Waals surface area contributed by atoms with Gasteiger partial charge in [-0.05, 0) is 12.8 Å². The van der Waals surface area contributed by atoms with E-state index in [1.54, 1.807) is 13.8 Å². The Hall–Kier alpha value is -1.92. The maximum absolute atomic E-state index is 12.2. The molecule has 2 unspecified atom stereocenters. The first-order valence-corrected chi connectivity index (χ1v) is 6.30. The van der Waals surface area contributed by atoms with Crippen molar-refractivity contribution < 1.29 is 14.1 Å². The molecule has 1 aliphatic rings. The zero-order chi connectivity index (χ0) is 14.2. The van der Waals surface area contributed by atoms with Gasteiger partial charge in [-0.3, -0.25) is 9.59 Å². The summed E-state index contributed by atoms with van der Waals surface area (Å²) in [5.41, 5.74) is 0. The molecule has 19 heavy (non-hydrogen) atoms. The molecule has 1 aromatic rings. The number of rotatable bonds is 3. The summed E-state index contributed by atoms with van der Waals surface area (Å²) in [4.78, 5) is 29.9. The highest BCUT2D eigenvalue weighted by Crippen LogP contribution is 2.19. The van der Waals surface area contributed by atoms with Crippen LogP contribution in [0.15, 0.2) is 4.52 Å². The molecule has 7 heteroatoms. The monoisotopic (exact) mass is 266 g/mol. The van der Waals surface area contributed by atoms with Crippen molar-refractivity contribution in [1.29, 1.82) is 0 Å². The summed E-state index contributed by atoms with van der Waals surface area (Å²) < 4.78 is 4.89. The van der Waals surface area contributed by atoms with E-state index in [9.17, 15) is 9.59 Å². The third-order valence-corrected chi connectivity index (χ3v) is 3.13. The molecule has 7 nitrogen and oxygen atoms in total. The number of amides is 2. The predicted octanol–water partition coefficient (Wildman–Crippen LogP) is 0.250. The van der Waals surface area contributed by atoms with Gasteiger partial charge in [-0.2, -0.15) is 4.98 Å². The fourth-order valence-electron chi connectivity index (χ4n) is 2.28. The summed E-state index contributed by atoms with van der Waals surface area (Å²) in [7, 11) is 0. The van der Waals surface area contributed by atoms with Gasteiger partial charge in [0.15, 0.2) is 5.82 Å². The van der Waals surface area contributed by atoms with Crippen molar-refractivity contribution in [3.8, 4) is 0 Å². The standard InChI is InChI=1S/C12H18N4O3/c1-6(2)10-11(17)13-7(3)12(18)16(10)5-9-14-8(4)19-15-9/h6-7,10H,5H2,1-4H3,(H,13,17).